The van der Waals surface area contributed by atoms with E-state index in [1.807, 2.05) is 0 Å². The quantitative estimate of drug-likeness (QED) is 0.925. The van der Waals surface area contributed by atoms with E-state index in [4.69, 9.17) is 0 Å². The molecule has 3 rings (SSSR count). The van der Waals surface area contributed by atoms with Crippen LogP contribution in [0.1, 0.15) is 24.5 Å². The van der Waals surface area contributed by atoms with E-state index in [0.717, 1.165) is 39.0 Å². The third kappa shape index (κ3) is 3.78. The predicted octanol–water partition coefficient (Wildman–Crippen LogP) is 2.28. The molecule has 2 saturated heterocycles. The Morgan fingerprint density at radius 2 is 1.71 bits per heavy atom. The second kappa shape index (κ2) is 7.28. The number of fused-ring (bicyclic) bond motifs is 1. The number of carbonyl (C=O) groups is 1. The van der Waals surface area contributed by atoms with Crippen LogP contribution in [-0.2, 0) is 17.6 Å². The number of carbonyl (C=O) groups excluding carboxylic acids is 1. The molecule has 0 bridgehead atoms. The molecule has 0 spiro atoms. The van der Waals surface area contributed by atoms with Gasteiger partial charge in [0.15, 0.2) is 0 Å². The number of aryl methyl sites for hydroxylation is 2. The fraction of sp³-hybridized carbons (Fsp3) is 0.588. The summed E-state index contributed by atoms with van der Waals surface area (Å²) in [6.45, 7) is 6.27. The van der Waals surface area contributed by atoms with Crippen molar-refractivity contribution in [3.63, 3.8) is 0 Å². The van der Waals surface area contributed by atoms with Crippen molar-refractivity contribution in [2.75, 3.05) is 26.2 Å². The minimum absolute atomic E-state index is 0. The Hall–Kier alpha value is -1.06. The van der Waals surface area contributed by atoms with E-state index >= 15 is 0 Å². The molecule has 2 aliphatic heterocycles. The van der Waals surface area contributed by atoms with Crippen molar-refractivity contribution in [2.45, 2.75) is 26.2 Å². The Labute approximate surface area is 133 Å². The lowest BCUT2D eigenvalue weighted by molar-refractivity contribution is -0.130. The maximum atomic E-state index is 12.3. The van der Waals surface area contributed by atoms with Gasteiger partial charge in [-0.25, -0.2) is 0 Å². The minimum Gasteiger partial charge on any atom is -0.342 e. The van der Waals surface area contributed by atoms with Gasteiger partial charge in [0.1, 0.15) is 0 Å². The summed E-state index contributed by atoms with van der Waals surface area (Å²) in [5.74, 6) is 1.73. The molecule has 1 aromatic rings. The summed E-state index contributed by atoms with van der Waals surface area (Å²) in [6, 6.07) is 8.67. The van der Waals surface area contributed by atoms with Gasteiger partial charge in [-0.15, -0.1) is 12.4 Å². The Kier molecular flexibility index (Phi) is 5.65. The fourth-order valence-electron chi connectivity index (χ4n) is 3.41. The molecule has 0 aromatic heterocycles. The van der Waals surface area contributed by atoms with Crippen LogP contribution in [0.5, 0.6) is 0 Å². The molecule has 0 radical (unpaired) electrons. The van der Waals surface area contributed by atoms with Crippen LogP contribution in [0.4, 0.5) is 0 Å². The molecular weight excluding hydrogens is 284 g/mol. The first-order valence-corrected chi connectivity index (χ1v) is 7.82. The number of benzene rings is 1. The molecule has 1 aromatic carbocycles. The molecule has 0 aliphatic carbocycles. The van der Waals surface area contributed by atoms with Gasteiger partial charge in [0.05, 0.1) is 0 Å². The van der Waals surface area contributed by atoms with Crippen molar-refractivity contribution in [3.05, 3.63) is 35.4 Å². The lowest BCUT2D eigenvalue weighted by Gasteiger charge is -2.17. The Morgan fingerprint density at radius 1 is 1.14 bits per heavy atom. The zero-order chi connectivity index (χ0) is 13.9. The van der Waals surface area contributed by atoms with E-state index < -0.39 is 0 Å². The van der Waals surface area contributed by atoms with Gasteiger partial charge in [0.2, 0.25) is 5.91 Å². The molecule has 2 aliphatic rings. The van der Waals surface area contributed by atoms with E-state index in [-0.39, 0.29) is 12.4 Å². The second-order valence-electron chi connectivity index (χ2n) is 6.15. The van der Waals surface area contributed by atoms with Gasteiger partial charge in [-0.05, 0) is 35.8 Å². The van der Waals surface area contributed by atoms with Crippen molar-refractivity contribution in [3.8, 4) is 0 Å². The van der Waals surface area contributed by atoms with Crippen molar-refractivity contribution >= 4 is 18.3 Å². The first-order valence-electron chi connectivity index (χ1n) is 7.82. The fourth-order valence-corrected chi connectivity index (χ4v) is 3.41. The lowest BCUT2D eigenvalue weighted by atomic mass is 10.0. The Balaban J connectivity index is 0.00000161. The maximum Gasteiger partial charge on any atom is 0.222 e. The highest BCUT2D eigenvalue weighted by Gasteiger charge is 2.37. The van der Waals surface area contributed by atoms with Crippen LogP contribution in [0, 0.1) is 11.8 Å². The van der Waals surface area contributed by atoms with Gasteiger partial charge in [0, 0.05) is 32.6 Å². The second-order valence-corrected chi connectivity index (χ2v) is 6.15. The summed E-state index contributed by atoms with van der Waals surface area (Å²) in [7, 11) is 0. The number of hydrogen-bond donors (Lipinski definition) is 1. The Bertz CT molecular complexity index is 462. The number of nitrogens with zero attached hydrogens (tertiary/aromatic N) is 1. The van der Waals surface area contributed by atoms with Crippen molar-refractivity contribution in [1.29, 1.82) is 0 Å². The molecule has 0 saturated carbocycles. The van der Waals surface area contributed by atoms with Gasteiger partial charge in [-0.3, -0.25) is 4.79 Å². The standard InChI is InChI=1S/C17H24N2O.ClH/c1-2-13-3-5-14(6-4-13)7-8-17(20)19-11-15-9-18-10-16(15)12-19;/h3-6,15-16,18H,2,7-12H2,1H3;1H/t15-,16+;. The zero-order valence-electron chi connectivity index (χ0n) is 12.7. The molecule has 2 fully saturated rings. The summed E-state index contributed by atoms with van der Waals surface area (Å²) < 4.78 is 0. The number of hydrogen-bond acceptors (Lipinski definition) is 2. The molecule has 21 heavy (non-hydrogen) atoms. The van der Waals surface area contributed by atoms with E-state index in [1.165, 1.54) is 11.1 Å². The third-order valence-electron chi connectivity index (χ3n) is 4.80. The molecule has 2 heterocycles. The summed E-state index contributed by atoms with van der Waals surface area (Å²) in [5.41, 5.74) is 2.64. The number of amides is 1. The zero-order valence-corrected chi connectivity index (χ0v) is 13.5. The van der Waals surface area contributed by atoms with Crippen LogP contribution in [0.2, 0.25) is 0 Å². The van der Waals surface area contributed by atoms with Crippen molar-refractivity contribution < 1.29 is 4.79 Å². The van der Waals surface area contributed by atoms with Crippen LogP contribution in [0.15, 0.2) is 24.3 Å². The van der Waals surface area contributed by atoms with Crippen molar-refractivity contribution in [2.24, 2.45) is 11.8 Å². The highest BCUT2D eigenvalue weighted by molar-refractivity contribution is 5.85. The normalized spacial score (nSPS) is 23.8. The van der Waals surface area contributed by atoms with Gasteiger partial charge < -0.3 is 10.2 Å². The monoisotopic (exact) mass is 308 g/mol. The molecule has 2 atom stereocenters. The average molecular weight is 309 g/mol. The first kappa shape index (κ1) is 16.3. The van der Waals surface area contributed by atoms with Crippen LogP contribution < -0.4 is 5.32 Å². The van der Waals surface area contributed by atoms with E-state index in [0.29, 0.717) is 24.2 Å². The number of nitrogens with one attached hydrogen (secondary N) is 1. The molecule has 0 unspecified atom stereocenters. The van der Waals surface area contributed by atoms with Crippen LogP contribution in [0.25, 0.3) is 0 Å². The summed E-state index contributed by atoms with van der Waals surface area (Å²) >= 11 is 0. The number of rotatable bonds is 4. The molecular formula is C17H25ClN2O. The van der Waals surface area contributed by atoms with E-state index in [2.05, 4.69) is 41.4 Å². The maximum absolute atomic E-state index is 12.3. The van der Waals surface area contributed by atoms with Crippen LogP contribution in [0.3, 0.4) is 0 Å². The highest BCUT2D eigenvalue weighted by Crippen LogP contribution is 2.26. The lowest BCUT2D eigenvalue weighted by Crippen LogP contribution is -2.31. The summed E-state index contributed by atoms with van der Waals surface area (Å²) in [6.07, 6.45) is 2.59. The number of likely N-dealkylation sites (tertiary alicyclic amines) is 1. The average Bonchev–Trinajstić information content (AvgIpc) is 3.06. The summed E-state index contributed by atoms with van der Waals surface area (Å²) in [4.78, 5) is 14.4. The molecule has 3 nitrogen and oxygen atoms in total. The molecule has 1 N–H and O–H groups in total. The van der Waals surface area contributed by atoms with Gasteiger partial charge in [-0.2, -0.15) is 0 Å². The topological polar surface area (TPSA) is 32.3 Å². The first-order chi connectivity index (χ1) is 9.76. The van der Waals surface area contributed by atoms with Crippen LogP contribution >= 0.6 is 12.4 Å². The van der Waals surface area contributed by atoms with Gasteiger partial charge in [0.25, 0.3) is 0 Å². The van der Waals surface area contributed by atoms with Crippen LogP contribution in [-0.4, -0.2) is 37.0 Å². The summed E-state index contributed by atoms with van der Waals surface area (Å²) in [5, 5.41) is 3.41. The molecule has 1 amide bonds. The van der Waals surface area contributed by atoms with Crippen molar-refractivity contribution in [1.82, 2.24) is 10.2 Å². The SMILES string of the molecule is CCc1ccc(CCC(=O)N2C[C@H]3CNC[C@H]3C2)cc1.Cl. The third-order valence-corrected chi connectivity index (χ3v) is 4.80. The number of halogens is 1. The molecule has 4 heteroatoms. The largest absolute Gasteiger partial charge is 0.342 e. The van der Waals surface area contributed by atoms with E-state index in [9.17, 15) is 4.79 Å². The smallest absolute Gasteiger partial charge is 0.222 e. The van der Waals surface area contributed by atoms with Gasteiger partial charge >= 0.3 is 0 Å². The minimum atomic E-state index is 0. The molecule has 116 valence electrons. The predicted molar refractivity (Wildman–Crippen MR) is 87.8 cm³/mol. The van der Waals surface area contributed by atoms with Gasteiger partial charge in [-0.1, -0.05) is 31.2 Å². The highest BCUT2D eigenvalue weighted by atomic mass is 35.5. The Morgan fingerprint density at radius 3 is 2.29 bits per heavy atom. The van der Waals surface area contributed by atoms with E-state index in [1.54, 1.807) is 0 Å².